The molecule has 0 bridgehead atoms. The second kappa shape index (κ2) is 11.4. The van der Waals surface area contributed by atoms with Gasteiger partial charge < -0.3 is 0 Å². The maximum Gasteiger partial charge on any atom is 0.0652 e. The van der Waals surface area contributed by atoms with Gasteiger partial charge in [0.25, 0.3) is 0 Å². The molecule has 5 aromatic carbocycles. The molecule has 0 atom stereocenters. The van der Waals surface area contributed by atoms with Crippen molar-refractivity contribution in [3.05, 3.63) is 167 Å². The van der Waals surface area contributed by atoms with Gasteiger partial charge in [-0.1, -0.05) is 120 Å². The Bertz CT molecular complexity index is 1390. The minimum absolute atomic E-state index is 1.02. The van der Waals surface area contributed by atoms with Crippen molar-refractivity contribution >= 4 is 29.2 Å². The van der Waals surface area contributed by atoms with Crippen LogP contribution >= 0.6 is 0 Å². The van der Waals surface area contributed by atoms with Crippen LogP contribution in [0.4, 0.5) is 11.4 Å². The van der Waals surface area contributed by atoms with Gasteiger partial charge in [0.05, 0.1) is 17.6 Å². The molecule has 37 heavy (non-hydrogen) atoms. The van der Waals surface area contributed by atoms with Crippen LogP contribution in [0.5, 0.6) is 0 Å². The van der Waals surface area contributed by atoms with Gasteiger partial charge in [-0.15, -0.1) is 0 Å². The van der Waals surface area contributed by atoms with Gasteiger partial charge in [-0.25, -0.2) is 5.01 Å². The molecular weight excluding hydrogens is 448 g/mol. The van der Waals surface area contributed by atoms with Crippen molar-refractivity contribution in [2.24, 2.45) is 5.10 Å². The van der Waals surface area contributed by atoms with Crippen molar-refractivity contribution in [1.82, 2.24) is 0 Å². The van der Waals surface area contributed by atoms with Crippen LogP contribution in [0.15, 0.2) is 139 Å². The van der Waals surface area contributed by atoms with Crippen LogP contribution in [-0.4, -0.2) is 6.21 Å². The minimum atomic E-state index is 1.02. The molecule has 0 saturated heterocycles. The molecule has 180 valence electrons. The number of rotatable bonds is 7. The van der Waals surface area contributed by atoms with E-state index in [0.717, 1.165) is 22.5 Å². The van der Waals surface area contributed by atoms with Crippen LogP contribution in [0.1, 0.15) is 33.4 Å². The molecule has 0 spiro atoms. The number of hydrazone groups is 1. The Balaban J connectivity index is 1.44. The molecule has 2 nitrogen and oxygen atoms in total. The quantitative estimate of drug-likeness (QED) is 0.129. The van der Waals surface area contributed by atoms with Gasteiger partial charge in [-0.3, -0.25) is 0 Å². The van der Waals surface area contributed by atoms with Gasteiger partial charge in [0.2, 0.25) is 0 Å². The molecule has 0 N–H and O–H groups in total. The highest BCUT2D eigenvalue weighted by molar-refractivity contribution is 5.92. The van der Waals surface area contributed by atoms with Crippen LogP contribution in [-0.2, 0) is 0 Å². The van der Waals surface area contributed by atoms with Gasteiger partial charge >= 0.3 is 0 Å². The molecule has 5 aromatic rings. The lowest BCUT2D eigenvalue weighted by Gasteiger charge is -2.19. The van der Waals surface area contributed by atoms with Crippen LogP contribution in [0.25, 0.3) is 11.6 Å². The van der Waals surface area contributed by atoms with Crippen LogP contribution in [0.3, 0.4) is 0 Å². The predicted molar refractivity (Wildman–Crippen MR) is 158 cm³/mol. The first-order chi connectivity index (χ1) is 18.2. The van der Waals surface area contributed by atoms with Gasteiger partial charge in [-0.2, -0.15) is 5.10 Å². The van der Waals surface area contributed by atoms with E-state index in [1.807, 2.05) is 47.6 Å². The molecule has 0 aliphatic rings. The smallest absolute Gasteiger partial charge is 0.0652 e. The molecule has 0 unspecified atom stereocenters. The van der Waals surface area contributed by atoms with E-state index in [1.165, 1.54) is 27.8 Å². The summed E-state index contributed by atoms with van der Waals surface area (Å²) in [6.45, 7) is 4.24. The van der Waals surface area contributed by atoms with E-state index in [1.54, 1.807) is 0 Å². The number of hydrogen-bond donors (Lipinski definition) is 0. The Kier molecular flexibility index (Phi) is 7.38. The van der Waals surface area contributed by atoms with E-state index < -0.39 is 0 Å². The van der Waals surface area contributed by atoms with E-state index in [0.29, 0.717) is 0 Å². The maximum atomic E-state index is 4.83. The third-order valence-corrected chi connectivity index (χ3v) is 6.30. The van der Waals surface area contributed by atoms with Crippen molar-refractivity contribution < 1.29 is 0 Å². The first kappa shape index (κ1) is 24.0. The first-order valence-electron chi connectivity index (χ1n) is 12.6. The minimum Gasteiger partial charge on any atom is -0.234 e. The highest BCUT2D eigenvalue weighted by Crippen LogP contribution is 2.28. The van der Waals surface area contributed by atoms with Crippen molar-refractivity contribution in [2.45, 2.75) is 13.8 Å². The van der Waals surface area contributed by atoms with Crippen LogP contribution < -0.4 is 5.01 Å². The molecule has 5 rings (SSSR count). The lowest BCUT2D eigenvalue weighted by atomic mass is 9.94. The number of nitrogens with zero attached hydrogens (tertiary/aromatic N) is 2. The number of para-hydroxylation sites is 2. The Morgan fingerprint density at radius 2 is 0.946 bits per heavy atom. The highest BCUT2D eigenvalue weighted by atomic mass is 15.5. The normalized spacial score (nSPS) is 10.9. The average molecular weight is 479 g/mol. The number of anilines is 2. The maximum absolute atomic E-state index is 4.83. The molecule has 0 aliphatic heterocycles. The molecular formula is C35H30N2. The summed E-state index contributed by atoms with van der Waals surface area (Å²) in [5.41, 5.74) is 10.4. The third-order valence-electron chi connectivity index (χ3n) is 6.30. The van der Waals surface area contributed by atoms with Crippen molar-refractivity contribution in [2.75, 3.05) is 5.01 Å². The van der Waals surface area contributed by atoms with Gasteiger partial charge in [0.15, 0.2) is 0 Å². The van der Waals surface area contributed by atoms with Gasteiger partial charge in [0.1, 0.15) is 0 Å². The van der Waals surface area contributed by atoms with Gasteiger partial charge in [-0.05, 0) is 72.0 Å². The molecule has 2 heteroatoms. The van der Waals surface area contributed by atoms with Crippen molar-refractivity contribution in [1.29, 1.82) is 0 Å². The monoisotopic (exact) mass is 478 g/mol. The Hall–Kier alpha value is -4.69. The zero-order valence-corrected chi connectivity index (χ0v) is 21.3. The SMILES string of the molecule is Cc1ccc(C(=Cc2ccc(C=NN(c3ccccc3)c3ccccc3)cc2)c2ccc(C)cc2)cc1. The van der Waals surface area contributed by atoms with E-state index >= 15 is 0 Å². The zero-order chi connectivity index (χ0) is 25.5. The van der Waals surface area contributed by atoms with Crippen LogP contribution in [0.2, 0.25) is 0 Å². The number of aryl methyl sites for hydroxylation is 2. The summed E-state index contributed by atoms with van der Waals surface area (Å²) < 4.78 is 0. The van der Waals surface area contributed by atoms with E-state index in [9.17, 15) is 0 Å². The lowest BCUT2D eigenvalue weighted by molar-refractivity contribution is 1.09. The molecule has 0 aromatic heterocycles. The van der Waals surface area contributed by atoms with Crippen molar-refractivity contribution in [3.8, 4) is 0 Å². The third kappa shape index (κ3) is 6.12. The summed E-state index contributed by atoms with van der Waals surface area (Å²) in [6.07, 6.45) is 4.17. The lowest BCUT2D eigenvalue weighted by Crippen LogP contribution is -2.09. The Morgan fingerprint density at radius 3 is 1.41 bits per heavy atom. The van der Waals surface area contributed by atoms with Crippen molar-refractivity contribution in [3.63, 3.8) is 0 Å². The van der Waals surface area contributed by atoms with E-state index in [2.05, 4.69) is 117 Å². The van der Waals surface area contributed by atoms with Crippen LogP contribution in [0, 0.1) is 13.8 Å². The number of hydrogen-bond acceptors (Lipinski definition) is 2. The summed E-state index contributed by atoms with van der Waals surface area (Å²) in [5, 5.41) is 6.79. The molecule has 0 radical (unpaired) electrons. The Morgan fingerprint density at radius 1 is 0.514 bits per heavy atom. The Labute approximate surface area is 219 Å². The first-order valence-corrected chi connectivity index (χ1v) is 12.6. The highest BCUT2D eigenvalue weighted by Gasteiger charge is 2.08. The summed E-state index contributed by atoms with van der Waals surface area (Å²) in [7, 11) is 0. The van der Waals surface area contributed by atoms with E-state index in [4.69, 9.17) is 5.10 Å². The topological polar surface area (TPSA) is 15.6 Å². The molecule has 0 aliphatic carbocycles. The zero-order valence-electron chi connectivity index (χ0n) is 21.3. The second-order valence-corrected chi connectivity index (χ2v) is 9.18. The van der Waals surface area contributed by atoms with Gasteiger partial charge in [0, 0.05) is 0 Å². The fourth-order valence-corrected chi connectivity index (χ4v) is 4.19. The van der Waals surface area contributed by atoms with E-state index in [-0.39, 0.29) is 0 Å². The summed E-state index contributed by atoms with van der Waals surface area (Å²) in [6, 6.07) is 46.4. The second-order valence-electron chi connectivity index (χ2n) is 9.18. The number of benzene rings is 5. The fraction of sp³-hybridized carbons (Fsp3) is 0.0571. The largest absolute Gasteiger partial charge is 0.234 e. The summed E-state index contributed by atoms with van der Waals surface area (Å²) in [5.74, 6) is 0. The average Bonchev–Trinajstić information content (AvgIpc) is 2.95. The molecule has 0 amide bonds. The fourth-order valence-electron chi connectivity index (χ4n) is 4.19. The summed E-state index contributed by atoms with van der Waals surface area (Å²) in [4.78, 5) is 0. The summed E-state index contributed by atoms with van der Waals surface area (Å²) >= 11 is 0. The molecule has 0 fully saturated rings. The standard InChI is InChI=1S/C35H30N2/c1-27-13-21-31(22-14-27)35(32-23-15-28(2)16-24-32)25-29-17-19-30(20-18-29)26-36-37(33-9-5-3-6-10-33)34-11-7-4-8-12-34/h3-26H,1-2H3. The predicted octanol–water partition coefficient (Wildman–Crippen LogP) is 9.06. The molecule has 0 saturated carbocycles. The molecule has 0 heterocycles.